The molecule has 96 valence electrons. The van der Waals surface area contributed by atoms with Gasteiger partial charge in [-0.2, -0.15) is 0 Å². The minimum atomic E-state index is 0.0213. The van der Waals surface area contributed by atoms with E-state index in [1.54, 1.807) is 0 Å². The molecule has 2 aromatic rings. The van der Waals surface area contributed by atoms with E-state index in [9.17, 15) is 0 Å². The first-order valence-electron chi connectivity index (χ1n) is 6.33. The number of hydrogen-bond donors (Lipinski definition) is 2. The number of furan rings is 1. The van der Waals surface area contributed by atoms with Crippen molar-refractivity contribution in [3.63, 3.8) is 0 Å². The molecular weight excluding hydrogens is 224 g/mol. The summed E-state index contributed by atoms with van der Waals surface area (Å²) in [4.78, 5) is 0. The molecule has 0 radical (unpaired) electrons. The zero-order valence-electron chi connectivity index (χ0n) is 10.9. The molecule has 0 saturated carbocycles. The third-order valence-corrected chi connectivity index (χ3v) is 3.14. The van der Waals surface area contributed by atoms with Crippen LogP contribution in [0.4, 0.5) is 0 Å². The second kappa shape index (κ2) is 5.85. The number of aryl methyl sites for hydroxylation is 2. The van der Waals surface area contributed by atoms with Gasteiger partial charge >= 0.3 is 0 Å². The Kier molecular flexibility index (Phi) is 4.18. The predicted octanol–water partition coefficient (Wildman–Crippen LogP) is 2.90. The molecule has 0 spiro atoms. The van der Waals surface area contributed by atoms with Crippen LogP contribution in [0.5, 0.6) is 0 Å². The van der Waals surface area contributed by atoms with E-state index < -0.39 is 0 Å². The SMILES string of the molecule is CCc1ccc(C(Cc2ccc(C)cc2)NN)o1. The van der Waals surface area contributed by atoms with Crippen LogP contribution in [-0.2, 0) is 12.8 Å². The van der Waals surface area contributed by atoms with Gasteiger partial charge in [0.15, 0.2) is 0 Å². The second-order valence-corrected chi connectivity index (χ2v) is 4.57. The molecule has 18 heavy (non-hydrogen) atoms. The van der Waals surface area contributed by atoms with Crippen molar-refractivity contribution in [3.05, 3.63) is 59.0 Å². The molecule has 2 rings (SSSR count). The van der Waals surface area contributed by atoms with Crippen molar-refractivity contribution in [2.24, 2.45) is 5.84 Å². The van der Waals surface area contributed by atoms with E-state index in [1.807, 2.05) is 12.1 Å². The quantitative estimate of drug-likeness (QED) is 0.628. The summed E-state index contributed by atoms with van der Waals surface area (Å²) in [5.74, 6) is 7.52. The molecule has 0 bridgehead atoms. The van der Waals surface area contributed by atoms with E-state index in [0.717, 1.165) is 24.4 Å². The van der Waals surface area contributed by atoms with Gasteiger partial charge in [0.05, 0.1) is 6.04 Å². The van der Waals surface area contributed by atoms with Crippen LogP contribution in [-0.4, -0.2) is 0 Å². The first-order valence-corrected chi connectivity index (χ1v) is 6.33. The van der Waals surface area contributed by atoms with Gasteiger partial charge in [0.25, 0.3) is 0 Å². The minimum Gasteiger partial charge on any atom is -0.464 e. The monoisotopic (exact) mass is 244 g/mol. The second-order valence-electron chi connectivity index (χ2n) is 4.57. The smallest absolute Gasteiger partial charge is 0.122 e. The molecule has 1 heterocycles. The number of nitrogens with one attached hydrogen (secondary N) is 1. The van der Waals surface area contributed by atoms with Crippen molar-refractivity contribution in [3.8, 4) is 0 Å². The lowest BCUT2D eigenvalue weighted by Crippen LogP contribution is -2.29. The highest BCUT2D eigenvalue weighted by Crippen LogP contribution is 2.20. The van der Waals surface area contributed by atoms with E-state index in [-0.39, 0.29) is 6.04 Å². The van der Waals surface area contributed by atoms with Gasteiger partial charge in [0.2, 0.25) is 0 Å². The zero-order valence-corrected chi connectivity index (χ0v) is 10.9. The van der Waals surface area contributed by atoms with Crippen LogP contribution in [0, 0.1) is 6.92 Å². The zero-order chi connectivity index (χ0) is 13.0. The molecule has 1 atom stereocenters. The molecule has 0 fully saturated rings. The summed E-state index contributed by atoms with van der Waals surface area (Å²) < 4.78 is 5.74. The highest BCUT2D eigenvalue weighted by molar-refractivity contribution is 5.23. The number of hydrazine groups is 1. The molecule has 3 N–H and O–H groups in total. The maximum absolute atomic E-state index is 5.74. The largest absolute Gasteiger partial charge is 0.464 e. The Balaban J connectivity index is 2.11. The standard InChI is InChI=1S/C15H20N2O/c1-3-13-8-9-15(18-13)14(17-16)10-12-6-4-11(2)5-7-12/h4-9,14,17H,3,10,16H2,1-2H3. The molecule has 1 aromatic carbocycles. The number of rotatable bonds is 5. The Morgan fingerprint density at radius 1 is 1.17 bits per heavy atom. The van der Waals surface area contributed by atoms with Gasteiger partial charge in [-0.1, -0.05) is 36.8 Å². The van der Waals surface area contributed by atoms with Crippen molar-refractivity contribution < 1.29 is 4.42 Å². The van der Waals surface area contributed by atoms with E-state index in [2.05, 4.69) is 43.5 Å². The first-order chi connectivity index (χ1) is 8.72. The maximum atomic E-state index is 5.74. The van der Waals surface area contributed by atoms with Crippen LogP contribution in [0.25, 0.3) is 0 Å². The van der Waals surface area contributed by atoms with Crippen LogP contribution >= 0.6 is 0 Å². The van der Waals surface area contributed by atoms with Crippen LogP contribution < -0.4 is 11.3 Å². The molecule has 3 nitrogen and oxygen atoms in total. The fourth-order valence-electron chi connectivity index (χ4n) is 1.97. The van der Waals surface area contributed by atoms with Crippen molar-refractivity contribution in [2.45, 2.75) is 32.7 Å². The van der Waals surface area contributed by atoms with Crippen molar-refractivity contribution in [1.29, 1.82) is 0 Å². The van der Waals surface area contributed by atoms with Crippen LogP contribution in [0.15, 0.2) is 40.8 Å². The highest BCUT2D eigenvalue weighted by Gasteiger charge is 2.14. The summed E-state index contributed by atoms with van der Waals surface area (Å²) in [6, 6.07) is 12.5. The fourth-order valence-corrected chi connectivity index (χ4v) is 1.97. The third-order valence-electron chi connectivity index (χ3n) is 3.14. The summed E-state index contributed by atoms with van der Waals surface area (Å²) in [5.41, 5.74) is 5.34. The van der Waals surface area contributed by atoms with Gasteiger partial charge in [0.1, 0.15) is 11.5 Å². The average Bonchev–Trinajstić information content (AvgIpc) is 2.87. The Hall–Kier alpha value is -1.58. The average molecular weight is 244 g/mol. The summed E-state index contributed by atoms with van der Waals surface area (Å²) in [6.07, 6.45) is 1.73. The molecule has 1 unspecified atom stereocenters. The van der Waals surface area contributed by atoms with Crippen molar-refractivity contribution in [1.82, 2.24) is 5.43 Å². The summed E-state index contributed by atoms with van der Waals surface area (Å²) in [6.45, 7) is 4.16. The summed E-state index contributed by atoms with van der Waals surface area (Å²) in [5, 5.41) is 0. The molecule has 3 heteroatoms. The normalized spacial score (nSPS) is 12.6. The van der Waals surface area contributed by atoms with Gasteiger partial charge in [-0.3, -0.25) is 5.84 Å². The van der Waals surface area contributed by atoms with Crippen molar-refractivity contribution in [2.75, 3.05) is 0 Å². The van der Waals surface area contributed by atoms with Gasteiger partial charge in [0, 0.05) is 6.42 Å². The molecule has 0 amide bonds. The highest BCUT2D eigenvalue weighted by atomic mass is 16.3. The summed E-state index contributed by atoms with van der Waals surface area (Å²) >= 11 is 0. The van der Waals surface area contributed by atoms with Crippen molar-refractivity contribution >= 4 is 0 Å². The van der Waals surface area contributed by atoms with E-state index >= 15 is 0 Å². The first kappa shape index (κ1) is 12.9. The number of nitrogens with two attached hydrogens (primary N) is 1. The van der Waals surface area contributed by atoms with Gasteiger partial charge in [-0.05, 0) is 31.0 Å². The van der Waals surface area contributed by atoms with Crippen LogP contribution in [0.1, 0.15) is 35.6 Å². The lowest BCUT2D eigenvalue weighted by molar-refractivity contribution is 0.396. The van der Waals surface area contributed by atoms with Gasteiger partial charge < -0.3 is 4.42 Å². The van der Waals surface area contributed by atoms with E-state index in [1.165, 1.54) is 11.1 Å². The minimum absolute atomic E-state index is 0.0213. The van der Waals surface area contributed by atoms with E-state index in [0.29, 0.717) is 0 Å². The van der Waals surface area contributed by atoms with Gasteiger partial charge in [-0.25, -0.2) is 5.43 Å². The summed E-state index contributed by atoms with van der Waals surface area (Å²) in [7, 11) is 0. The number of benzene rings is 1. The Morgan fingerprint density at radius 3 is 2.44 bits per heavy atom. The molecular formula is C15H20N2O. The number of hydrogen-bond acceptors (Lipinski definition) is 3. The topological polar surface area (TPSA) is 51.2 Å². The lowest BCUT2D eigenvalue weighted by atomic mass is 10.0. The van der Waals surface area contributed by atoms with Crippen LogP contribution in [0.2, 0.25) is 0 Å². The molecule has 0 aliphatic carbocycles. The molecule has 1 aromatic heterocycles. The molecule has 0 aliphatic heterocycles. The molecule has 0 aliphatic rings. The van der Waals surface area contributed by atoms with Gasteiger partial charge in [-0.15, -0.1) is 0 Å². The Morgan fingerprint density at radius 2 is 1.89 bits per heavy atom. The van der Waals surface area contributed by atoms with E-state index in [4.69, 9.17) is 10.3 Å². The Bertz CT molecular complexity index is 487. The fraction of sp³-hybridized carbons (Fsp3) is 0.333. The lowest BCUT2D eigenvalue weighted by Gasteiger charge is -2.13. The predicted molar refractivity (Wildman–Crippen MR) is 73.0 cm³/mol. The maximum Gasteiger partial charge on any atom is 0.122 e. The molecule has 0 saturated heterocycles. The third kappa shape index (κ3) is 3.00. The Labute approximate surface area is 108 Å². The van der Waals surface area contributed by atoms with Crippen LogP contribution in [0.3, 0.4) is 0 Å².